The molecule has 0 aliphatic heterocycles. The van der Waals surface area contributed by atoms with E-state index in [2.05, 4.69) is 0 Å². The largest absolute Gasteiger partial charge is 0.396 e. The fraction of sp³-hybridized carbons (Fsp3) is 0.900. The van der Waals surface area contributed by atoms with Gasteiger partial charge in [0.1, 0.15) is 6.42 Å². The van der Waals surface area contributed by atoms with Crippen molar-refractivity contribution >= 4 is 0 Å². The molecule has 1 aliphatic rings. The molecule has 70 valence electrons. The van der Waals surface area contributed by atoms with Crippen LogP contribution in [0, 0.1) is 18.4 Å². The summed E-state index contributed by atoms with van der Waals surface area (Å²) in [5.74, 6) is 1.17. The van der Waals surface area contributed by atoms with E-state index in [0.29, 0.717) is 18.4 Å². The molecule has 1 rings (SSSR count). The average molecular weight is 171 g/mol. The molecule has 0 aromatic heterocycles. The minimum absolute atomic E-state index is 0.349. The van der Waals surface area contributed by atoms with Crippen molar-refractivity contribution in [3.8, 4) is 0 Å². The Labute approximate surface area is 74.9 Å². The van der Waals surface area contributed by atoms with Crippen molar-refractivity contribution in [2.75, 3.05) is 13.7 Å². The molecule has 1 N–H and O–H groups in total. The SMILES string of the molecule is CO[CH+]C[C@H]1CCCC[C@@H]1CO. The topological polar surface area (TPSA) is 29.5 Å². The number of ether oxygens (including phenoxy) is 1. The maximum absolute atomic E-state index is 9.11. The van der Waals surface area contributed by atoms with Crippen molar-refractivity contribution in [3.05, 3.63) is 6.61 Å². The van der Waals surface area contributed by atoms with E-state index in [1.54, 1.807) is 7.11 Å². The highest BCUT2D eigenvalue weighted by molar-refractivity contribution is 4.76. The van der Waals surface area contributed by atoms with E-state index >= 15 is 0 Å². The molecule has 1 saturated carbocycles. The Morgan fingerprint density at radius 2 is 2.00 bits per heavy atom. The second-order valence-electron chi connectivity index (χ2n) is 3.63. The van der Waals surface area contributed by atoms with Gasteiger partial charge in [-0.3, -0.25) is 0 Å². The van der Waals surface area contributed by atoms with Crippen LogP contribution in [0.15, 0.2) is 0 Å². The molecule has 0 saturated heterocycles. The highest BCUT2D eigenvalue weighted by atomic mass is 16.5. The van der Waals surface area contributed by atoms with Gasteiger partial charge in [0.05, 0.1) is 7.11 Å². The van der Waals surface area contributed by atoms with Crippen molar-refractivity contribution in [1.82, 2.24) is 0 Å². The van der Waals surface area contributed by atoms with Crippen molar-refractivity contribution in [3.63, 3.8) is 0 Å². The Balaban J connectivity index is 2.26. The smallest absolute Gasteiger partial charge is 0.227 e. The zero-order valence-electron chi connectivity index (χ0n) is 7.83. The molecule has 0 heterocycles. The summed E-state index contributed by atoms with van der Waals surface area (Å²) in [6.45, 7) is 2.21. The molecule has 1 fully saturated rings. The lowest BCUT2D eigenvalue weighted by Gasteiger charge is -2.27. The number of hydrogen-bond acceptors (Lipinski definition) is 2. The van der Waals surface area contributed by atoms with Gasteiger partial charge in [0.25, 0.3) is 0 Å². The maximum atomic E-state index is 9.11. The Kier molecular flexibility index (Phi) is 4.48. The molecular weight excluding hydrogens is 152 g/mol. The van der Waals surface area contributed by atoms with E-state index in [1.807, 2.05) is 6.61 Å². The molecule has 0 amide bonds. The summed E-state index contributed by atoms with van der Waals surface area (Å²) in [6, 6.07) is 0. The van der Waals surface area contributed by atoms with Gasteiger partial charge in [0, 0.05) is 12.5 Å². The lowest BCUT2D eigenvalue weighted by molar-refractivity contribution is 0.119. The van der Waals surface area contributed by atoms with Gasteiger partial charge in [-0.2, -0.15) is 4.74 Å². The maximum Gasteiger partial charge on any atom is 0.227 e. The molecule has 0 bridgehead atoms. The predicted octanol–water partition coefficient (Wildman–Crippen LogP) is 1.98. The summed E-state index contributed by atoms with van der Waals surface area (Å²) >= 11 is 0. The predicted molar refractivity (Wildman–Crippen MR) is 48.5 cm³/mol. The van der Waals surface area contributed by atoms with Gasteiger partial charge in [-0.25, -0.2) is 0 Å². The first kappa shape index (κ1) is 9.87. The zero-order valence-corrected chi connectivity index (χ0v) is 7.83. The molecule has 1 aliphatic carbocycles. The van der Waals surface area contributed by atoms with E-state index in [4.69, 9.17) is 9.84 Å². The summed E-state index contributed by atoms with van der Waals surface area (Å²) < 4.78 is 4.93. The Morgan fingerprint density at radius 1 is 1.33 bits per heavy atom. The summed E-state index contributed by atoms with van der Waals surface area (Å²) in [4.78, 5) is 0. The second kappa shape index (κ2) is 5.44. The summed E-state index contributed by atoms with van der Waals surface area (Å²) in [5.41, 5.74) is 0. The molecule has 0 spiro atoms. The second-order valence-corrected chi connectivity index (χ2v) is 3.63. The van der Waals surface area contributed by atoms with Crippen LogP contribution in [0.3, 0.4) is 0 Å². The van der Waals surface area contributed by atoms with Crippen LogP contribution in [0.2, 0.25) is 0 Å². The first-order valence-corrected chi connectivity index (χ1v) is 4.83. The standard InChI is InChI=1S/C10H19O2/c1-12-7-6-9-4-2-3-5-10(9)8-11/h7,9-11H,2-6,8H2,1H3/q+1/t9-,10-/m1/s1. The summed E-state index contributed by atoms with van der Waals surface area (Å²) in [5, 5.41) is 9.11. The van der Waals surface area contributed by atoms with Gasteiger partial charge in [0.15, 0.2) is 0 Å². The quantitative estimate of drug-likeness (QED) is 0.655. The Bertz CT molecular complexity index is 114. The minimum atomic E-state index is 0.349. The van der Waals surface area contributed by atoms with Gasteiger partial charge < -0.3 is 5.11 Å². The fourth-order valence-electron chi connectivity index (χ4n) is 2.05. The lowest BCUT2D eigenvalue weighted by Crippen LogP contribution is -2.22. The number of hydrogen-bond donors (Lipinski definition) is 1. The molecule has 12 heavy (non-hydrogen) atoms. The van der Waals surface area contributed by atoms with Gasteiger partial charge in [-0.15, -0.1) is 0 Å². The van der Waals surface area contributed by atoms with Crippen LogP contribution in [-0.2, 0) is 4.74 Å². The normalized spacial score (nSPS) is 30.2. The number of methoxy groups -OCH3 is 1. The number of aliphatic hydroxyl groups excluding tert-OH is 1. The summed E-state index contributed by atoms with van der Waals surface area (Å²) in [6.07, 6.45) is 6.05. The molecular formula is C10H19O2+. The first-order chi connectivity index (χ1) is 5.88. The molecule has 0 unspecified atom stereocenters. The van der Waals surface area contributed by atoms with E-state index < -0.39 is 0 Å². The van der Waals surface area contributed by atoms with Crippen LogP contribution in [0.4, 0.5) is 0 Å². The van der Waals surface area contributed by atoms with Gasteiger partial charge in [0.2, 0.25) is 6.61 Å². The van der Waals surface area contributed by atoms with Crippen LogP contribution >= 0.6 is 0 Å². The van der Waals surface area contributed by atoms with E-state index in [-0.39, 0.29) is 0 Å². The lowest BCUT2D eigenvalue weighted by atomic mass is 9.78. The number of rotatable bonds is 4. The van der Waals surface area contributed by atoms with Crippen molar-refractivity contribution < 1.29 is 9.84 Å². The van der Waals surface area contributed by atoms with Crippen LogP contribution < -0.4 is 0 Å². The third kappa shape index (κ3) is 2.68. The summed E-state index contributed by atoms with van der Waals surface area (Å²) in [7, 11) is 1.69. The Hall–Kier alpha value is -0.210. The van der Waals surface area contributed by atoms with E-state index in [0.717, 1.165) is 6.42 Å². The fourth-order valence-corrected chi connectivity index (χ4v) is 2.05. The monoisotopic (exact) mass is 171 g/mol. The number of aliphatic hydroxyl groups is 1. The van der Waals surface area contributed by atoms with Crippen LogP contribution in [-0.4, -0.2) is 18.8 Å². The van der Waals surface area contributed by atoms with Crippen LogP contribution in [0.25, 0.3) is 0 Å². The van der Waals surface area contributed by atoms with Crippen molar-refractivity contribution in [1.29, 1.82) is 0 Å². The van der Waals surface area contributed by atoms with Crippen molar-refractivity contribution in [2.24, 2.45) is 11.8 Å². The highest BCUT2D eigenvalue weighted by Crippen LogP contribution is 2.32. The highest BCUT2D eigenvalue weighted by Gasteiger charge is 2.26. The van der Waals surface area contributed by atoms with Crippen LogP contribution in [0.1, 0.15) is 32.1 Å². The molecule has 2 nitrogen and oxygen atoms in total. The average Bonchev–Trinajstić information content (AvgIpc) is 2.15. The molecule has 2 heteroatoms. The molecule has 2 atom stereocenters. The van der Waals surface area contributed by atoms with E-state index in [9.17, 15) is 0 Å². The molecule has 0 aromatic rings. The van der Waals surface area contributed by atoms with Gasteiger partial charge in [-0.1, -0.05) is 12.8 Å². The minimum Gasteiger partial charge on any atom is -0.396 e. The first-order valence-electron chi connectivity index (χ1n) is 4.83. The zero-order chi connectivity index (χ0) is 8.81. The third-order valence-electron chi connectivity index (χ3n) is 2.87. The van der Waals surface area contributed by atoms with Crippen LogP contribution in [0.5, 0.6) is 0 Å². The van der Waals surface area contributed by atoms with E-state index in [1.165, 1.54) is 25.7 Å². The van der Waals surface area contributed by atoms with Gasteiger partial charge in [-0.05, 0) is 18.8 Å². The Morgan fingerprint density at radius 3 is 2.58 bits per heavy atom. The molecule has 0 radical (unpaired) electrons. The molecule has 0 aromatic carbocycles. The third-order valence-corrected chi connectivity index (χ3v) is 2.87. The van der Waals surface area contributed by atoms with Gasteiger partial charge >= 0.3 is 0 Å². The van der Waals surface area contributed by atoms with Crippen molar-refractivity contribution in [2.45, 2.75) is 32.1 Å².